The second-order valence-corrected chi connectivity index (χ2v) is 5.10. The van der Waals surface area contributed by atoms with Crippen LogP contribution in [0.2, 0.25) is 0 Å². The van der Waals surface area contributed by atoms with E-state index >= 15 is 0 Å². The highest BCUT2D eigenvalue weighted by Gasteiger charge is 2.31. The summed E-state index contributed by atoms with van der Waals surface area (Å²) in [5.74, 6) is 0. The fourth-order valence-electron chi connectivity index (χ4n) is 2.55. The zero-order valence-corrected chi connectivity index (χ0v) is 12.3. The highest BCUT2D eigenvalue weighted by atomic mass is 16.6. The molecular weight excluding hydrogens is 274 g/mol. The van der Waals surface area contributed by atoms with Gasteiger partial charge in [0.1, 0.15) is 11.4 Å². The summed E-state index contributed by atoms with van der Waals surface area (Å²) in [6, 6.07) is 5.27. The van der Waals surface area contributed by atoms with Gasteiger partial charge in [-0.05, 0) is 26.0 Å². The van der Waals surface area contributed by atoms with Gasteiger partial charge in [0.15, 0.2) is 0 Å². The molecule has 7 heteroatoms. The molecule has 2 atom stereocenters. The van der Waals surface area contributed by atoms with Crippen LogP contribution in [0.3, 0.4) is 0 Å². The van der Waals surface area contributed by atoms with Crippen molar-refractivity contribution in [1.29, 1.82) is 0 Å². The largest absolute Gasteiger partial charge is 0.394 e. The van der Waals surface area contributed by atoms with Crippen molar-refractivity contribution in [2.45, 2.75) is 26.0 Å². The Morgan fingerprint density at radius 3 is 2.95 bits per heavy atom. The number of hydrogen-bond donors (Lipinski definition) is 2. The van der Waals surface area contributed by atoms with Crippen molar-refractivity contribution in [2.75, 3.05) is 36.5 Å². The molecule has 7 nitrogen and oxygen atoms in total. The second-order valence-electron chi connectivity index (χ2n) is 5.10. The van der Waals surface area contributed by atoms with Crippen LogP contribution in [0.5, 0.6) is 0 Å². The normalized spacial score (nSPS) is 22.1. The van der Waals surface area contributed by atoms with Gasteiger partial charge >= 0.3 is 5.69 Å². The molecule has 2 unspecified atom stereocenters. The first-order valence-electron chi connectivity index (χ1n) is 7.08. The molecule has 0 spiro atoms. The molecular formula is C14H21N3O4. The molecule has 1 aromatic carbocycles. The minimum atomic E-state index is -0.358. The number of aliphatic hydroxyl groups is 1. The molecule has 0 aliphatic carbocycles. The Labute approximate surface area is 123 Å². The van der Waals surface area contributed by atoms with Gasteiger partial charge in [0, 0.05) is 19.1 Å². The first-order chi connectivity index (χ1) is 10.1. The predicted octanol–water partition coefficient (Wildman–Crippen LogP) is 1.61. The summed E-state index contributed by atoms with van der Waals surface area (Å²) < 4.78 is 5.49. The number of para-hydroxylation sites is 1. The summed E-state index contributed by atoms with van der Waals surface area (Å²) in [4.78, 5) is 13.1. The standard InChI is InChI=1S/C14H21N3O4/c1-3-15-12-5-4-6-13(14(12)17(19)20)16-7-11(8-18)21-9-10(16)2/h4-6,10-11,15,18H,3,7-9H2,1-2H3. The number of nitrogens with one attached hydrogen (secondary N) is 1. The zero-order valence-electron chi connectivity index (χ0n) is 12.3. The van der Waals surface area contributed by atoms with Gasteiger partial charge in [-0.1, -0.05) is 6.07 Å². The number of nitro groups is 1. The van der Waals surface area contributed by atoms with Crippen molar-refractivity contribution < 1.29 is 14.8 Å². The Kier molecular flexibility index (Phi) is 4.98. The van der Waals surface area contributed by atoms with Crippen LogP contribution in [-0.2, 0) is 4.74 Å². The first kappa shape index (κ1) is 15.5. The van der Waals surface area contributed by atoms with Crippen LogP contribution in [0.1, 0.15) is 13.8 Å². The Bertz CT molecular complexity index is 509. The molecule has 1 aliphatic heterocycles. The molecule has 116 valence electrons. The molecule has 21 heavy (non-hydrogen) atoms. The molecule has 1 heterocycles. The SMILES string of the molecule is CCNc1cccc(N2CC(CO)OCC2C)c1[N+](=O)[O-]. The van der Waals surface area contributed by atoms with E-state index < -0.39 is 0 Å². The lowest BCUT2D eigenvalue weighted by atomic mass is 10.1. The molecule has 2 rings (SSSR count). The second kappa shape index (κ2) is 6.73. The average Bonchev–Trinajstić information content (AvgIpc) is 2.47. The van der Waals surface area contributed by atoms with Crippen molar-refractivity contribution in [3.63, 3.8) is 0 Å². The molecule has 1 saturated heterocycles. The third kappa shape index (κ3) is 3.25. The lowest BCUT2D eigenvalue weighted by molar-refractivity contribution is -0.383. The number of aliphatic hydroxyl groups excluding tert-OH is 1. The number of nitro benzene ring substituents is 1. The van der Waals surface area contributed by atoms with Crippen LogP contribution in [0.15, 0.2) is 18.2 Å². The van der Waals surface area contributed by atoms with Gasteiger partial charge in [-0.2, -0.15) is 0 Å². The molecule has 0 bridgehead atoms. The predicted molar refractivity (Wildman–Crippen MR) is 80.9 cm³/mol. The summed E-state index contributed by atoms with van der Waals surface area (Å²) in [6.45, 7) is 5.25. The monoisotopic (exact) mass is 295 g/mol. The van der Waals surface area contributed by atoms with E-state index in [1.165, 1.54) is 0 Å². The lowest BCUT2D eigenvalue weighted by Gasteiger charge is -2.38. The summed E-state index contributed by atoms with van der Waals surface area (Å²) in [7, 11) is 0. The van der Waals surface area contributed by atoms with E-state index in [2.05, 4.69) is 5.32 Å². The van der Waals surface area contributed by atoms with E-state index in [0.717, 1.165) is 0 Å². The van der Waals surface area contributed by atoms with Crippen molar-refractivity contribution in [3.8, 4) is 0 Å². The topological polar surface area (TPSA) is 87.9 Å². The molecule has 1 fully saturated rings. The summed E-state index contributed by atoms with van der Waals surface area (Å²) in [5, 5.41) is 23.8. The first-order valence-corrected chi connectivity index (χ1v) is 7.08. The van der Waals surface area contributed by atoms with Gasteiger partial charge in [0.25, 0.3) is 0 Å². The van der Waals surface area contributed by atoms with Crippen LogP contribution in [0.4, 0.5) is 17.1 Å². The third-order valence-electron chi connectivity index (χ3n) is 3.58. The van der Waals surface area contributed by atoms with Crippen molar-refractivity contribution >= 4 is 17.1 Å². The highest BCUT2D eigenvalue weighted by molar-refractivity contribution is 5.77. The van der Waals surface area contributed by atoms with Gasteiger partial charge in [0.05, 0.1) is 24.2 Å². The third-order valence-corrected chi connectivity index (χ3v) is 3.58. The van der Waals surface area contributed by atoms with E-state index in [0.29, 0.717) is 31.1 Å². The van der Waals surface area contributed by atoms with Crippen LogP contribution < -0.4 is 10.2 Å². The average molecular weight is 295 g/mol. The van der Waals surface area contributed by atoms with Gasteiger partial charge < -0.3 is 20.1 Å². The molecule has 0 radical (unpaired) electrons. The Balaban J connectivity index is 2.41. The van der Waals surface area contributed by atoms with Crippen molar-refractivity contribution in [3.05, 3.63) is 28.3 Å². The number of ether oxygens (including phenoxy) is 1. The van der Waals surface area contributed by atoms with Gasteiger partial charge in [-0.3, -0.25) is 10.1 Å². The quantitative estimate of drug-likeness (QED) is 0.634. The molecule has 0 aromatic heterocycles. The van der Waals surface area contributed by atoms with E-state index in [1.807, 2.05) is 18.7 Å². The molecule has 0 amide bonds. The maximum Gasteiger partial charge on any atom is 0.315 e. The van der Waals surface area contributed by atoms with Crippen molar-refractivity contribution in [2.24, 2.45) is 0 Å². The molecule has 0 saturated carbocycles. The lowest BCUT2D eigenvalue weighted by Crippen LogP contribution is -2.49. The smallest absolute Gasteiger partial charge is 0.315 e. The van der Waals surface area contributed by atoms with Gasteiger partial charge in [-0.25, -0.2) is 0 Å². The zero-order chi connectivity index (χ0) is 15.4. The van der Waals surface area contributed by atoms with E-state index in [1.54, 1.807) is 18.2 Å². The molecule has 2 N–H and O–H groups in total. The highest BCUT2D eigenvalue weighted by Crippen LogP contribution is 2.37. The van der Waals surface area contributed by atoms with Crippen molar-refractivity contribution in [1.82, 2.24) is 0 Å². The molecule has 1 aromatic rings. The summed E-state index contributed by atoms with van der Waals surface area (Å²) >= 11 is 0. The summed E-state index contributed by atoms with van der Waals surface area (Å²) in [5.41, 5.74) is 1.15. The van der Waals surface area contributed by atoms with Crippen LogP contribution in [0, 0.1) is 10.1 Å². The van der Waals surface area contributed by atoms with E-state index in [4.69, 9.17) is 4.74 Å². The maximum absolute atomic E-state index is 11.5. The number of nitrogens with zero attached hydrogens (tertiary/aromatic N) is 2. The fraction of sp³-hybridized carbons (Fsp3) is 0.571. The Morgan fingerprint density at radius 1 is 1.57 bits per heavy atom. The van der Waals surface area contributed by atoms with Gasteiger partial charge in [0.2, 0.25) is 0 Å². The van der Waals surface area contributed by atoms with Crippen LogP contribution in [0.25, 0.3) is 0 Å². The minimum absolute atomic E-state index is 0.0170. The van der Waals surface area contributed by atoms with Crippen LogP contribution in [-0.4, -0.2) is 48.5 Å². The summed E-state index contributed by atoms with van der Waals surface area (Å²) in [6.07, 6.45) is -0.316. The molecule has 1 aliphatic rings. The number of benzene rings is 1. The van der Waals surface area contributed by atoms with Crippen LogP contribution >= 0.6 is 0 Å². The maximum atomic E-state index is 11.5. The Hall–Kier alpha value is -1.86. The van der Waals surface area contributed by atoms with Gasteiger partial charge in [-0.15, -0.1) is 0 Å². The van der Waals surface area contributed by atoms with E-state index in [-0.39, 0.29) is 29.4 Å². The number of anilines is 2. The number of rotatable bonds is 5. The fourth-order valence-corrected chi connectivity index (χ4v) is 2.55. The Morgan fingerprint density at radius 2 is 2.33 bits per heavy atom. The number of hydrogen-bond acceptors (Lipinski definition) is 6. The van der Waals surface area contributed by atoms with E-state index in [9.17, 15) is 15.2 Å². The minimum Gasteiger partial charge on any atom is -0.394 e. The number of morpholine rings is 1.